The molecule has 3 nitrogen and oxygen atoms in total. The highest BCUT2D eigenvalue weighted by atomic mass is 35.5. The Morgan fingerprint density at radius 3 is 2.86 bits per heavy atom. The number of benzene rings is 1. The largest absolute Gasteiger partial charge is 0.330 e. The molecule has 0 saturated heterocycles. The fraction of sp³-hybridized carbons (Fsp3) is 0.333. The molecule has 0 atom stereocenters. The minimum absolute atomic E-state index is 0.0435. The number of carbonyl (C=O) groups is 1. The van der Waals surface area contributed by atoms with Crippen molar-refractivity contribution in [2.45, 2.75) is 32.4 Å². The fourth-order valence-electron chi connectivity index (χ4n) is 2.25. The second-order valence-electron chi connectivity index (χ2n) is 5.12. The molecule has 0 radical (unpaired) electrons. The second kappa shape index (κ2) is 5.73. The minimum Gasteiger partial charge on any atom is -0.330 e. The Kier molecular flexibility index (Phi) is 3.95. The van der Waals surface area contributed by atoms with Gasteiger partial charge in [0, 0.05) is 11.4 Å². The lowest BCUT2D eigenvalue weighted by Gasteiger charge is -2.22. The van der Waals surface area contributed by atoms with Gasteiger partial charge in [0.15, 0.2) is 0 Å². The van der Waals surface area contributed by atoms with Gasteiger partial charge >= 0.3 is 0 Å². The molecule has 21 heavy (non-hydrogen) atoms. The molecule has 1 heterocycles. The zero-order valence-electron chi connectivity index (χ0n) is 11.5. The first-order valence-electron chi connectivity index (χ1n) is 6.72. The van der Waals surface area contributed by atoms with Crippen LogP contribution in [0, 0.1) is 12.7 Å². The van der Waals surface area contributed by atoms with Crippen molar-refractivity contribution in [2.24, 2.45) is 0 Å². The Bertz CT molecular complexity index is 664. The summed E-state index contributed by atoms with van der Waals surface area (Å²) < 4.78 is 13.9. The summed E-state index contributed by atoms with van der Waals surface area (Å²) in [5.74, 6) is -0.932. The van der Waals surface area contributed by atoms with Gasteiger partial charge in [-0.2, -0.15) is 0 Å². The number of thiazole rings is 1. The van der Waals surface area contributed by atoms with Crippen molar-refractivity contribution in [3.8, 4) is 0 Å². The van der Waals surface area contributed by atoms with Crippen molar-refractivity contribution in [3.63, 3.8) is 0 Å². The fourth-order valence-corrected chi connectivity index (χ4v) is 3.10. The van der Waals surface area contributed by atoms with E-state index in [1.807, 2.05) is 12.3 Å². The summed E-state index contributed by atoms with van der Waals surface area (Å²) in [4.78, 5) is 18.7. The quantitative estimate of drug-likeness (QED) is 0.850. The van der Waals surface area contributed by atoms with Crippen LogP contribution in [0.3, 0.4) is 0 Å². The van der Waals surface area contributed by atoms with E-state index in [1.54, 1.807) is 16.2 Å². The van der Waals surface area contributed by atoms with E-state index in [0.717, 1.165) is 23.5 Å². The second-order valence-corrected chi connectivity index (χ2v) is 6.59. The normalized spacial score (nSPS) is 14.2. The zero-order chi connectivity index (χ0) is 15.0. The summed E-state index contributed by atoms with van der Waals surface area (Å²) >= 11 is 7.54. The highest BCUT2D eigenvalue weighted by Crippen LogP contribution is 2.32. The van der Waals surface area contributed by atoms with E-state index in [4.69, 9.17) is 11.6 Å². The van der Waals surface area contributed by atoms with Gasteiger partial charge in [-0.15, -0.1) is 11.3 Å². The molecule has 1 aromatic carbocycles. The van der Waals surface area contributed by atoms with Gasteiger partial charge in [-0.3, -0.25) is 4.79 Å². The molecule has 1 saturated carbocycles. The number of carbonyl (C=O) groups excluding carboxylic acids is 1. The molecule has 1 fully saturated rings. The number of aryl methyl sites for hydroxylation is 1. The number of aromatic nitrogens is 1. The van der Waals surface area contributed by atoms with Gasteiger partial charge in [0.25, 0.3) is 5.91 Å². The van der Waals surface area contributed by atoms with Crippen molar-refractivity contribution < 1.29 is 9.18 Å². The van der Waals surface area contributed by atoms with E-state index in [-0.39, 0.29) is 22.5 Å². The van der Waals surface area contributed by atoms with Gasteiger partial charge in [0.05, 0.1) is 27.8 Å². The van der Waals surface area contributed by atoms with Gasteiger partial charge in [-0.1, -0.05) is 17.7 Å². The Morgan fingerprint density at radius 1 is 1.52 bits per heavy atom. The molecule has 0 aliphatic heterocycles. The van der Waals surface area contributed by atoms with Gasteiger partial charge in [-0.25, -0.2) is 9.37 Å². The SMILES string of the molecule is Cc1nc(CN(C(=O)c2c(F)cccc2Cl)C2CC2)cs1. The van der Waals surface area contributed by atoms with Crippen LogP contribution in [0.5, 0.6) is 0 Å². The standard InChI is InChI=1S/C15H14ClFN2OS/c1-9-18-10(8-21-9)7-19(11-5-6-11)15(20)14-12(16)3-2-4-13(14)17/h2-4,8,11H,5-7H2,1H3. The lowest BCUT2D eigenvalue weighted by Crippen LogP contribution is -2.33. The van der Waals surface area contributed by atoms with Crippen molar-refractivity contribution in [3.05, 3.63) is 50.7 Å². The molecule has 0 spiro atoms. The zero-order valence-corrected chi connectivity index (χ0v) is 13.0. The summed E-state index contributed by atoms with van der Waals surface area (Å²) in [5, 5.41) is 3.04. The average molecular weight is 325 g/mol. The van der Waals surface area contributed by atoms with Crippen molar-refractivity contribution in [1.29, 1.82) is 0 Å². The van der Waals surface area contributed by atoms with Crippen LogP contribution < -0.4 is 0 Å². The Morgan fingerprint density at radius 2 is 2.29 bits per heavy atom. The van der Waals surface area contributed by atoms with Crippen LogP contribution in [0.4, 0.5) is 4.39 Å². The lowest BCUT2D eigenvalue weighted by molar-refractivity contribution is 0.0723. The number of nitrogens with zero attached hydrogens (tertiary/aromatic N) is 2. The van der Waals surface area contributed by atoms with Gasteiger partial charge in [0.2, 0.25) is 0 Å². The Balaban J connectivity index is 1.89. The number of hydrogen-bond acceptors (Lipinski definition) is 3. The van der Waals surface area contributed by atoms with Crippen LogP contribution in [0.25, 0.3) is 0 Å². The molecular weight excluding hydrogens is 311 g/mol. The third-order valence-corrected chi connectivity index (χ3v) is 4.56. The lowest BCUT2D eigenvalue weighted by atomic mass is 10.1. The molecule has 3 rings (SSSR count). The van der Waals surface area contributed by atoms with Crippen LogP contribution in [0.2, 0.25) is 5.02 Å². The minimum atomic E-state index is -0.576. The first-order chi connectivity index (χ1) is 10.1. The van der Waals surface area contributed by atoms with Gasteiger partial charge in [0.1, 0.15) is 5.82 Å². The van der Waals surface area contributed by atoms with Gasteiger partial charge in [-0.05, 0) is 31.9 Å². The smallest absolute Gasteiger partial charge is 0.258 e. The molecule has 1 aliphatic rings. The van der Waals surface area contributed by atoms with Crippen LogP contribution in [0.1, 0.15) is 33.9 Å². The number of amides is 1. The summed E-state index contributed by atoms with van der Waals surface area (Å²) in [6.45, 7) is 2.32. The maximum absolute atomic E-state index is 13.9. The Hall–Kier alpha value is -1.46. The van der Waals surface area contributed by atoms with E-state index in [2.05, 4.69) is 4.98 Å². The van der Waals surface area contributed by atoms with E-state index >= 15 is 0 Å². The summed E-state index contributed by atoms with van der Waals surface area (Å²) in [6.07, 6.45) is 1.89. The molecule has 2 aromatic rings. The summed E-state index contributed by atoms with van der Waals surface area (Å²) in [7, 11) is 0. The first-order valence-corrected chi connectivity index (χ1v) is 7.98. The molecule has 1 amide bonds. The highest BCUT2D eigenvalue weighted by molar-refractivity contribution is 7.09. The number of hydrogen-bond donors (Lipinski definition) is 0. The molecule has 1 aliphatic carbocycles. The van der Waals surface area contributed by atoms with Crippen LogP contribution in [-0.2, 0) is 6.54 Å². The average Bonchev–Trinajstić information content (AvgIpc) is 3.19. The highest BCUT2D eigenvalue weighted by Gasteiger charge is 2.35. The molecule has 0 bridgehead atoms. The van der Waals surface area contributed by atoms with Crippen LogP contribution >= 0.6 is 22.9 Å². The monoisotopic (exact) mass is 324 g/mol. The van der Waals surface area contributed by atoms with Crippen molar-refractivity contribution in [2.75, 3.05) is 0 Å². The molecule has 0 N–H and O–H groups in total. The number of halogens is 2. The van der Waals surface area contributed by atoms with E-state index in [1.165, 1.54) is 18.2 Å². The van der Waals surface area contributed by atoms with Crippen LogP contribution in [-0.4, -0.2) is 21.8 Å². The third kappa shape index (κ3) is 3.09. The molecule has 0 unspecified atom stereocenters. The topological polar surface area (TPSA) is 33.2 Å². The van der Waals surface area contributed by atoms with E-state index in [9.17, 15) is 9.18 Å². The third-order valence-electron chi connectivity index (χ3n) is 3.42. The number of rotatable bonds is 4. The first kappa shape index (κ1) is 14.5. The predicted octanol–water partition coefficient (Wildman–Crippen LogP) is 4.05. The van der Waals surface area contributed by atoms with E-state index in [0.29, 0.717) is 6.54 Å². The Labute approximate surface area is 131 Å². The van der Waals surface area contributed by atoms with E-state index < -0.39 is 5.82 Å². The summed E-state index contributed by atoms with van der Waals surface area (Å²) in [5.41, 5.74) is 0.795. The predicted molar refractivity (Wildman–Crippen MR) is 81.2 cm³/mol. The molecular formula is C15H14ClFN2OS. The molecule has 110 valence electrons. The molecule has 1 aromatic heterocycles. The van der Waals surface area contributed by atoms with Crippen molar-refractivity contribution >= 4 is 28.8 Å². The maximum atomic E-state index is 13.9. The maximum Gasteiger partial charge on any atom is 0.258 e. The van der Waals surface area contributed by atoms with Crippen LogP contribution in [0.15, 0.2) is 23.6 Å². The summed E-state index contributed by atoms with van der Waals surface area (Å²) in [6, 6.07) is 4.46. The molecule has 6 heteroatoms. The van der Waals surface area contributed by atoms with Crippen molar-refractivity contribution in [1.82, 2.24) is 9.88 Å². The van der Waals surface area contributed by atoms with Gasteiger partial charge < -0.3 is 4.90 Å².